The average molecular weight is 320 g/mol. The molecule has 1 aromatic heterocycles. The van der Waals surface area contributed by atoms with Crippen molar-refractivity contribution in [2.24, 2.45) is 0 Å². The summed E-state index contributed by atoms with van der Waals surface area (Å²) in [6.45, 7) is 7.72. The molecule has 0 saturated heterocycles. The predicted molar refractivity (Wildman–Crippen MR) is 105 cm³/mol. The Morgan fingerprint density at radius 2 is 1.79 bits per heavy atom. The van der Waals surface area contributed by atoms with Crippen LogP contribution in [0.25, 0.3) is 22.0 Å². The van der Waals surface area contributed by atoms with Crippen molar-refractivity contribution < 1.29 is 0 Å². The zero-order valence-electron chi connectivity index (χ0n) is 15.5. The standard InChI is InChI=1S/C22H28N2/c1-6-17(3)24-14-16(2)21-11-10-20(13-22(21)24)19-9-7-8-18(12-19)15-23(4)5/h7-14,17H,6,15H2,1-5H3. The van der Waals surface area contributed by atoms with E-state index in [4.69, 9.17) is 0 Å². The normalized spacial score (nSPS) is 12.9. The van der Waals surface area contributed by atoms with Crippen LogP contribution < -0.4 is 0 Å². The highest BCUT2D eigenvalue weighted by Crippen LogP contribution is 2.30. The van der Waals surface area contributed by atoms with Crippen LogP contribution in [0.5, 0.6) is 0 Å². The third-order valence-corrected chi connectivity index (χ3v) is 4.86. The smallest absolute Gasteiger partial charge is 0.0491 e. The maximum absolute atomic E-state index is 2.43. The van der Waals surface area contributed by atoms with Gasteiger partial charge in [0.1, 0.15) is 0 Å². The number of nitrogens with zero attached hydrogens (tertiary/aromatic N) is 2. The second-order valence-electron chi connectivity index (χ2n) is 7.15. The average Bonchev–Trinajstić information content (AvgIpc) is 2.90. The van der Waals surface area contributed by atoms with Crippen LogP contribution in [-0.2, 0) is 6.54 Å². The molecule has 0 radical (unpaired) electrons. The minimum Gasteiger partial charge on any atom is -0.344 e. The molecule has 0 bridgehead atoms. The van der Waals surface area contributed by atoms with Crippen molar-refractivity contribution in [3.05, 3.63) is 59.8 Å². The van der Waals surface area contributed by atoms with Gasteiger partial charge in [-0.05, 0) is 68.8 Å². The van der Waals surface area contributed by atoms with Crippen LogP contribution >= 0.6 is 0 Å². The van der Waals surface area contributed by atoms with Gasteiger partial charge in [-0.2, -0.15) is 0 Å². The van der Waals surface area contributed by atoms with E-state index in [1.165, 1.54) is 33.2 Å². The molecule has 0 spiro atoms. The molecule has 0 amide bonds. The fourth-order valence-corrected chi connectivity index (χ4v) is 3.38. The van der Waals surface area contributed by atoms with E-state index < -0.39 is 0 Å². The summed E-state index contributed by atoms with van der Waals surface area (Å²) >= 11 is 0. The summed E-state index contributed by atoms with van der Waals surface area (Å²) in [7, 11) is 4.22. The topological polar surface area (TPSA) is 8.17 Å². The first-order chi connectivity index (χ1) is 11.5. The molecule has 0 aliphatic heterocycles. The number of rotatable bonds is 5. The van der Waals surface area contributed by atoms with Crippen molar-refractivity contribution in [2.75, 3.05) is 14.1 Å². The Kier molecular flexibility index (Phi) is 4.77. The van der Waals surface area contributed by atoms with Crippen LogP contribution in [0.3, 0.4) is 0 Å². The van der Waals surface area contributed by atoms with E-state index in [1.807, 2.05) is 0 Å². The van der Waals surface area contributed by atoms with E-state index in [-0.39, 0.29) is 0 Å². The van der Waals surface area contributed by atoms with Crippen LogP contribution in [0.1, 0.15) is 37.4 Å². The third kappa shape index (κ3) is 3.25. The molecule has 0 aliphatic carbocycles. The molecule has 126 valence electrons. The van der Waals surface area contributed by atoms with E-state index in [0.717, 1.165) is 13.0 Å². The van der Waals surface area contributed by atoms with Crippen LogP contribution in [-0.4, -0.2) is 23.6 Å². The molecule has 1 heterocycles. The highest BCUT2D eigenvalue weighted by Gasteiger charge is 2.11. The van der Waals surface area contributed by atoms with Gasteiger partial charge in [-0.25, -0.2) is 0 Å². The number of aromatic nitrogens is 1. The molecule has 3 rings (SSSR count). The first kappa shape index (κ1) is 16.8. The SMILES string of the molecule is CCC(C)n1cc(C)c2ccc(-c3cccc(CN(C)C)c3)cc21. The van der Waals surface area contributed by atoms with E-state index in [2.05, 4.69) is 93.0 Å². The highest BCUT2D eigenvalue weighted by molar-refractivity contribution is 5.88. The molecule has 24 heavy (non-hydrogen) atoms. The number of aryl methyl sites for hydroxylation is 1. The summed E-state index contributed by atoms with van der Waals surface area (Å²) in [5, 5.41) is 1.36. The quantitative estimate of drug-likeness (QED) is 0.590. The molecule has 2 heteroatoms. The van der Waals surface area contributed by atoms with Crippen molar-refractivity contribution in [3.8, 4) is 11.1 Å². The van der Waals surface area contributed by atoms with Gasteiger partial charge in [0, 0.05) is 29.7 Å². The van der Waals surface area contributed by atoms with Crippen molar-refractivity contribution in [3.63, 3.8) is 0 Å². The predicted octanol–water partition coefficient (Wildman–Crippen LogP) is 5.65. The van der Waals surface area contributed by atoms with Gasteiger partial charge in [0.05, 0.1) is 0 Å². The van der Waals surface area contributed by atoms with E-state index >= 15 is 0 Å². The molecular formula is C22H28N2. The first-order valence-corrected chi connectivity index (χ1v) is 8.84. The molecule has 1 unspecified atom stereocenters. The summed E-state index contributed by atoms with van der Waals surface area (Å²) in [4.78, 5) is 2.21. The fourth-order valence-electron chi connectivity index (χ4n) is 3.38. The van der Waals surface area contributed by atoms with Crippen molar-refractivity contribution in [2.45, 2.75) is 39.8 Å². The Hall–Kier alpha value is -2.06. The van der Waals surface area contributed by atoms with Gasteiger partial charge >= 0.3 is 0 Å². The van der Waals surface area contributed by atoms with Crippen LogP contribution in [0.15, 0.2) is 48.7 Å². The number of hydrogen-bond donors (Lipinski definition) is 0. The van der Waals surface area contributed by atoms with E-state index in [1.54, 1.807) is 0 Å². The maximum atomic E-state index is 2.43. The molecule has 0 N–H and O–H groups in total. The molecule has 3 aromatic rings. The Bertz CT molecular complexity index is 842. The van der Waals surface area contributed by atoms with Crippen LogP contribution in [0.2, 0.25) is 0 Å². The second-order valence-corrected chi connectivity index (χ2v) is 7.15. The molecular weight excluding hydrogens is 292 g/mol. The molecule has 2 aromatic carbocycles. The Balaban J connectivity index is 2.07. The molecule has 0 saturated carbocycles. The van der Waals surface area contributed by atoms with Crippen molar-refractivity contribution >= 4 is 10.9 Å². The first-order valence-electron chi connectivity index (χ1n) is 8.84. The Morgan fingerprint density at radius 1 is 1.04 bits per heavy atom. The summed E-state index contributed by atoms with van der Waals surface area (Å²) in [5.41, 5.74) is 6.65. The van der Waals surface area contributed by atoms with Gasteiger partial charge in [-0.3, -0.25) is 0 Å². The molecule has 2 nitrogen and oxygen atoms in total. The highest BCUT2D eigenvalue weighted by atomic mass is 15.0. The van der Waals surface area contributed by atoms with Gasteiger partial charge < -0.3 is 9.47 Å². The lowest BCUT2D eigenvalue weighted by atomic mass is 10.0. The van der Waals surface area contributed by atoms with Gasteiger partial charge in [0.25, 0.3) is 0 Å². The van der Waals surface area contributed by atoms with Gasteiger partial charge in [0.15, 0.2) is 0 Å². The lowest BCUT2D eigenvalue weighted by Gasteiger charge is -2.14. The fraction of sp³-hybridized carbons (Fsp3) is 0.364. The van der Waals surface area contributed by atoms with Gasteiger partial charge in [-0.15, -0.1) is 0 Å². The lowest BCUT2D eigenvalue weighted by Crippen LogP contribution is -2.10. The second kappa shape index (κ2) is 6.82. The maximum Gasteiger partial charge on any atom is 0.0491 e. The van der Waals surface area contributed by atoms with Crippen LogP contribution in [0.4, 0.5) is 0 Å². The minimum absolute atomic E-state index is 0.525. The molecule has 0 aliphatic rings. The van der Waals surface area contributed by atoms with E-state index in [9.17, 15) is 0 Å². The van der Waals surface area contributed by atoms with Crippen molar-refractivity contribution in [1.29, 1.82) is 0 Å². The van der Waals surface area contributed by atoms with Gasteiger partial charge in [0.2, 0.25) is 0 Å². The number of hydrogen-bond acceptors (Lipinski definition) is 1. The Morgan fingerprint density at radius 3 is 2.50 bits per heavy atom. The zero-order chi connectivity index (χ0) is 17.3. The summed E-state index contributed by atoms with van der Waals surface area (Å²) in [6.07, 6.45) is 3.44. The largest absolute Gasteiger partial charge is 0.344 e. The Labute approximate surface area is 145 Å². The van der Waals surface area contributed by atoms with E-state index in [0.29, 0.717) is 6.04 Å². The monoisotopic (exact) mass is 320 g/mol. The molecule has 0 fully saturated rings. The zero-order valence-corrected chi connectivity index (χ0v) is 15.5. The summed E-state index contributed by atoms with van der Waals surface area (Å²) in [5.74, 6) is 0. The number of fused-ring (bicyclic) bond motifs is 1. The van der Waals surface area contributed by atoms with Crippen molar-refractivity contribution in [1.82, 2.24) is 9.47 Å². The van der Waals surface area contributed by atoms with Crippen LogP contribution in [0, 0.1) is 6.92 Å². The lowest BCUT2D eigenvalue weighted by molar-refractivity contribution is 0.402. The number of benzene rings is 2. The summed E-state index contributed by atoms with van der Waals surface area (Å²) < 4.78 is 2.43. The third-order valence-electron chi connectivity index (χ3n) is 4.86. The minimum atomic E-state index is 0.525. The van der Waals surface area contributed by atoms with Gasteiger partial charge in [-0.1, -0.05) is 37.3 Å². The molecule has 1 atom stereocenters. The summed E-state index contributed by atoms with van der Waals surface area (Å²) in [6, 6.07) is 16.3.